The molecule has 0 aliphatic heterocycles. The van der Waals surface area contributed by atoms with Gasteiger partial charge in [-0.15, -0.1) is 0 Å². The summed E-state index contributed by atoms with van der Waals surface area (Å²) in [6.07, 6.45) is 1.60. The lowest BCUT2D eigenvalue weighted by Gasteiger charge is -2.13. The van der Waals surface area contributed by atoms with Crippen molar-refractivity contribution in [1.29, 1.82) is 0 Å². The highest BCUT2D eigenvalue weighted by molar-refractivity contribution is 5.79. The van der Waals surface area contributed by atoms with Crippen LogP contribution < -0.4 is 16.8 Å². The highest BCUT2D eigenvalue weighted by Gasteiger charge is 2.12. The molecule has 0 spiro atoms. The van der Waals surface area contributed by atoms with E-state index in [-0.39, 0.29) is 6.04 Å². The van der Waals surface area contributed by atoms with Crippen molar-refractivity contribution in [2.24, 2.45) is 11.5 Å². The van der Waals surface area contributed by atoms with Crippen LogP contribution in [0.2, 0.25) is 0 Å². The van der Waals surface area contributed by atoms with Crippen LogP contribution in [0.3, 0.4) is 0 Å². The molecule has 1 aromatic rings. The molecule has 14 heavy (non-hydrogen) atoms. The average molecular weight is 197 g/mol. The fourth-order valence-electron chi connectivity index (χ4n) is 1.04. The van der Waals surface area contributed by atoms with Crippen LogP contribution in [0, 0.1) is 0 Å². The Morgan fingerprint density at radius 3 is 2.93 bits per heavy atom. The topological polar surface area (TPSA) is 94.3 Å². The van der Waals surface area contributed by atoms with Gasteiger partial charge in [0.15, 0.2) is 0 Å². The van der Waals surface area contributed by atoms with E-state index in [1.54, 1.807) is 6.26 Å². The van der Waals surface area contributed by atoms with Gasteiger partial charge >= 0.3 is 0 Å². The Balaban J connectivity index is 2.35. The first-order chi connectivity index (χ1) is 6.61. The van der Waals surface area contributed by atoms with Gasteiger partial charge in [-0.3, -0.25) is 4.79 Å². The third-order valence-electron chi connectivity index (χ3n) is 1.98. The molecule has 0 radical (unpaired) electrons. The van der Waals surface area contributed by atoms with Crippen LogP contribution in [-0.4, -0.2) is 18.5 Å². The third kappa shape index (κ3) is 2.86. The Morgan fingerprint density at radius 1 is 1.71 bits per heavy atom. The molecular formula is C9H15N3O2. The Kier molecular flexibility index (Phi) is 3.67. The zero-order valence-electron chi connectivity index (χ0n) is 8.07. The van der Waals surface area contributed by atoms with Gasteiger partial charge in [0.2, 0.25) is 5.91 Å². The van der Waals surface area contributed by atoms with Crippen molar-refractivity contribution in [2.45, 2.75) is 19.0 Å². The largest absolute Gasteiger partial charge is 0.468 e. The molecule has 1 amide bonds. The number of furan rings is 1. The number of carbonyl (C=O) groups is 1. The molecule has 0 aliphatic rings. The molecule has 1 aromatic heterocycles. The highest BCUT2D eigenvalue weighted by Crippen LogP contribution is 2.11. The van der Waals surface area contributed by atoms with Gasteiger partial charge in [-0.1, -0.05) is 0 Å². The number of hydrogen-bond acceptors (Lipinski definition) is 4. The van der Waals surface area contributed by atoms with Crippen LogP contribution in [0.1, 0.15) is 18.7 Å². The van der Waals surface area contributed by atoms with E-state index in [2.05, 4.69) is 5.32 Å². The fourth-order valence-corrected chi connectivity index (χ4v) is 1.04. The lowest BCUT2D eigenvalue weighted by molar-refractivity contribution is -0.119. The minimum atomic E-state index is -0.660. The zero-order chi connectivity index (χ0) is 10.6. The predicted molar refractivity (Wildman–Crippen MR) is 52.3 cm³/mol. The molecule has 5 N–H and O–H groups in total. The van der Waals surface area contributed by atoms with Gasteiger partial charge in [-0.25, -0.2) is 0 Å². The molecular weight excluding hydrogens is 182 g/mol. The van der Waals surface area contributed by atoms with Crippen molar-refractivity contribution in [3.8, 4) is 0 Å². The zero-order valence-corrected chi connectivity index (χ0v) is 8.07. The molecule has 0 fully saturated rings. The van der Waals surface area contributed by atoms with Gasteiger partial charge in [0.25, 0.3) is 0 Å². The summed E-state index contributed by atoms with van der Waals surface area (Å²) in [6.45, 7) is 2.27. The molecule has 0 saturated heterocycles. The van der Waals surface area contributed by atoms with E-state index in [0.29, 0.717) is 6.54 Å². The molecule has 2 unspecified atom stereocenters. The fraction of sp³-hybridized carbons (Fsp3) is 0.444. The lowest BCUT2D eigenvalue weighted by Crippen LogP contribution is -2.44. The quantitative estimate of drug-likeness (QED) is 0.606. The van der Waals surface area contributed by atoms with Crippen molar-refractivity contribution < 1.29 is 9.21 Å². The van der Waals surface area contributed by atoms with Crippen molar-refractivity contribution in [3.05, 3.63) is 24.2 Å². The Bertz CT molecular complexity index is 284. The highest BCUT2D eigenvalue weighted by atomic mass is 16.3. The first-order valence-corrected chi connectivity index (χ1v) is 4.43. The Hall–Kier alpha value is -1.33. The first kappa shape index (κ1) is 10.7. The van der Waals surface area contributed by atoms with E-state index in [1.807, 2.05) is 19.1 Å². The molecule has 0 aliphatic carbocycles. The number of rotatable bonds is 5. The number of hydrogen-bond donors (Lipinski definition) is 3. The summed E-state index contributed by atoms with van der Waals surface area (Å²) >= 11 is 0. The smallest absolute Gasteiger partial charge is 0.235 e. The summed E-state index contributed by atoms with van der Waals surface area (Å²) in [6, 6.07) is 3.03. The number of nitrogens with one attached hydrogen (secondary N) is 1. The Morgan fingerprint density at radius 2 is 2.43 bits per heavy atom. The van der Waals surface area contributed by atoms with Gasteiger partial charge in [0, 0.05) is 6.54 Å². The standard InChI is InChI=1S/C9H15N3O2/c1-6(8-3-2-4-14-8)12-5-7(10)9(11)13/h2-4,6-7,12H,5,10H2,1H3,(H2,11,13). The van der Waals surface area contributed by atoms with Crippen LogP contribution in [0.15, 0.2) is 22.8 Å². The van der Waals surface area contributed by atoms with Crippen molar-refractivity contribution in [1.82, 2.24) is 5.32 Å². The maximum absolute atomic E-state index is 10.6. The second-order valence-electron chi connectivity index (χ2n) is 3.15. The van der Waals surface area contributed by atoms with E-state index in [1.165, 1.54) is 0 Å². The van der Waals surface area contributed by atoms with Gasteiger partial charge < -0.3 is 21.2 Å². The summed E-state index contributed by atoms with van der Waals surface area (Å²) < 4.78 is 5.17. The van der Waals surface area contributed by atoms with Gasteiger partial charge in [-0.05, 0) is 19.1 Å². The minimum Gasteiger partial charge on any atom is -0.468 e. The molecule has 1 heterocycles. The summed E-state index contributed by atoms with van der Waals surface area (Å²) in [4.78, 5) is 10.6. The van der Waals surface area contributed by atoms with Gasteiger partial charge in [0.1, 0.15) is 5.76 Å². The van der Waals surface area contributed by atoms with Crippen LogP contribution >= 0.6 is 0 Å². The summed E-state index contributed by atoms with van der Waals surface area (Å²) in [5.74, 6) is 0.297. The monoisotopic (exact) mass is 197 g/mol. The molecule has 0 aromatic carbocycles. The first-order valence-electron chi connectivity index (χ1n) is 4.43. The van der Waals surface area contributed by atoms with E-state index in [0.717, 1.165) is 5.76 Å². The average Bonchev–Trinajstić information content (AvgIpc) is 2.66. The lowest BCUT2D eigenvalue weighted by atomic mass is 10.2. The number of primary amides is 1. The minimum absolute atomic E-state index is 0.0235. The molecule has 78 valence electrons. The number of carbonyl (C=O) groups excluding carboxylic acids is 1. The van der Waals surface area contributed by atoms with Gasteiger partial charge in [0.05, 0.1) is 18.3 Å². The van der Waals surface area contributed by atoms with E-state index < -0.39 is 11.9 Å². The third-order valence-corrected chi connectivity index (χ3v) is 1.98. The van der Waals surface area contributed by atoms with E-state index in [4.69, 9.17) is 15.9 Å². The van der Waals surface area contributed by atoms with Crippen LogP contribution in [0.5, 0.6) is 0 Å². The second kappa shape index (κ2) is 4.78. The van der Waals surface area contributed by atoms with Crippen LogP contribution in [0.4, 0.5) is 0 Å². The molecule has 1 rings (SSSR count). The summed E-state index contributed by atoms with van der Waals surface area (Å²) in [5, 5.41) is 3.05. The maximum atomic E-state index is 10.6. The second-order valence-corrected chi connectivity index (χ2v) is 3.15. The van der Waals surface area contributed by atoms with Crippen LogP contribution in [0.25, 0.3) is 0 Å². The van der Waals surface area contributed by atoms with Crippen molar-refractivity contribution in [3.63, 3.8) is 0 Å². The SMILES string of the molecule is CC(NCC(N)C(N)=O)c1ccco1. The van der Waals surface area contributed by atoms with Crippen LogP contribution in [-0.2, 0) is 4.79 Å². The van der Waals surface area contributed by atoms with Crippen molar-refractivity contribution in [2.75, 3.05) is 6.54 Å². The molecule has 5 heteroatoms. The van der Waals surface area contributed by atoms with Gasteiger partial charge in [-0.2, -0.15) is 0 Å². The molecule has 2 atom stereocenters. The number of amides is 1. The number of nitrogens with two attached hydrogens (primary N) is 2. The normalized spacial score (nSPS) is 15.0. The predicted octanol–water partition coefficient (Wildman–Crippen LogP) is -0.257. The molecule has 5 nitrogen and oxygen atoms in total. The van der Waals surface area contributed by atoms with E-state index in [9.17, 15) is 4.79 Å². The Labute approximate surface area is 82.4 Å². The van der Waals surface area contributed by atoms with E-state index >= 15 is 0 Å². The maximum Gasteiger partial charge on any atom is 0.235 e. The molecule has 0 saturated carbocycles. The molecule has 0 bridgehead atoms. The summed E-state index contributed by atoms with van der Waals surface area (Å²) in [5.41, 5.74) is 10.5. The summed E-state index contributed by atoms with van der Waals surface area (Å²) in [7, 11) is 0. The van der Waals surface area contributed by atoms with Crippen molar-refractivity contribution >= 4 is 5.91 Å².